The minimum atomic E-state index is -0.779. The number of aliphatic carboxylic acids is 1. The number of hydrogen-bond acceptors (Lipinski definition) is 4. The number of carboxylic acid groups (broad SMARTS) is 1. The average molecular weight is 374 g/mol. The molecule has 2 heterocycles. The first-order valence-corrected chi connectivity index (χ1v) is 9.40. The summed E-state index contributed by atoms with van der Waals surface area (Å²) in [6.45, 7) is 4.12. The van der Waals surface area contributed by atoms with Crippen LogP contribution >= 0.6 is 0 Å². The highest BCUT2D eigenvalue weighted by atomic mass is 16.4. The van der Waals surface area contributed by atoms with E-state index in [2.05, 4.69) is 10.6 Å². The summed E-state index contributed by atoms with van der Waals surface area (Å²) < 4.78 is 0. The summed E-state index contributed by atoms with van der Waals surface area (Å²) in [4.78, 5) is 39.2. The van der Waals surface area contributed by atoms with E-state index in [0.717, 1.165) is 25.9 Å². The number of urea groups is 1. The average Bonchev–Trinajstić information content (AvgIpc) is 2.69. The summed E-state index contributed by atoms with van der Waals surface area (Å²) in [7, 11) is 0. The minimum Gasteiger partial charge on any atom is -0.481 e. The van der Waals surface area contributed by atoms with E-state index in [1.54, 1.807) is 34.1 Å². The van der Waals surface area contributed by atoms with E-state index in [-0.39, 0.29) is 24.3 Å². The number of carbonyl (C=O) groups is 3. The number of likely N-dealkylation sites (tertiary alicyclic amines) is 1. The van der Waals surface area contributed by atoms with Crippen LogP contribution in [0.3, 0.4) is 0 Å². The number of hydrogen-bond donors (Lipinski definition) is 3. The van der Waals surface area contributed by atoms with Crippen LogP contribution in [0.4, 0.5) is 10.5 Å². The van der Waals surface area contributed by atoms with Crippen molar-refractivity contribution in [1.82, 2.24) is 15.1 Å². The number of carboxylic acids is 1. The molecule has 0 bridgehead atoms. The zero-order valence-electron chi connectivity index (χ0n) is 15.3. The molecule has 2 saturated heterocycles. The van der Waals surface area contributed by atoms with Crippen molar-refractivity contribution in [1.29, 1.82) is 0 Å². The van der Waals surface area contributed by atoms with Gasteiger partial charge in [-0.05, 0) is 43.0 Å². The molecule has 0 radical (unpaired) electrons. The molecule has 8 heteroatoms. The minimum absolute atomic E-state index is 0.0521. The molecule has 0 unspecified atom stereocenters. The van der Waals surface area contributed by atoms with Crippen LogP contribution in [0.25, 0.3) is 0 Å². The maximum Gasteiger partial charge on any atom is 0.321 e. The van der Waals surface area contributed by atoms with E-state index in [0.29, 0.717) is 37.4 Å². The van der Waals surface area contributed by atoms with Crippen LogP contribution in [0.5, 0.6) is 0 Å². The van der Waals surface area contributed by atoms with Gasteiger partial charge in [0, 0.05) is 56.9 Å². The normalized spacial score (nSPS) is 18.2. The molecule has 0 aliphatic carbocycles. The number of nitrogens with zero attached hydrogens (tertiary/aromatic N) is 2. The molecule has 2 aliphatic rings. The summed E-state index contributed by atoms with van der Waals surface area (Å²) in [5, 5.41) is 14.9. The lowest BCUT2D eigenvalue weighted by atomic mass is 9.93. The van der Waals surface area contributed by atoms with Gasteiger partial charge in [0.1, 0.15) is 0 Å². The molecule has 2 fully saturated rings. The van der Waals surface area contributed by atoms with Gasteiger partial charge >= 0.3 is 12.0 Å². The van der Waals surface area contributed by atoms with E-state index in [1.165, 1.54) is 0 Å². The van der Waals surface area contributed by atoms with Crippen molar-refractivity contribution < 1.29 is 19.5 Å². The van der Waals surface area contributed by atoms with Crippen molar-refractivity contribution in [3.63, 3.8) is 0 Å². The Kier molecular flexibility index (Phi) is 6.28. The van der Waals surface area contributed by atoms with Crippen LogP contribution < -0.4 is 10.6 Å². The Morgan fingerprint density at radius 2 is 1.63 bits per heavy atom. The lowest BCUT2D eigenvalue weighted by Crippen LogP contribution is -2.48. The summed E-state index contributed by atoms with van der Waals surface area (Å²) in [6.07, 6.45) is 1.61. The van der Waals surface area contributed by atoms with Gasteiger partial charge in [-0.25, -0.2) is 4.79 Å². The second-order valence-corrected chi connectivity index (χ2v) is 7.08. The molecule has 3 N–H and O–H groups in total. The molecule has 1 aromatic carbocycles. The van der Waals surface area contributed by atoms with Gasteiger partial charge < -0.3 is 25.5 Å². The highest BCUT2D eigenvalue weighted by Gasteiger charge is 2.25. The van der Waals surface area contributed by atoms with Crippen LogP contribution in [-0.4, -0.2) is 72.1 Å². The Morgan fingerprint density at radius 3 is 2.22 bits per heavy atom. The van der Waals surface area contributed by atoms with Gasteiger partial charge in [-0.3, -0.25) is 9.59 Å². The number of benzene rings is 1. The number of carbonyl (C=O) groups excluding carboxylic acids is 2. The molecule has 0 spiro atoms. The molecular weight excluding hydrogens is 348 g/mol. The SMILES string of the molecule is O=C(O)CC1CCN(C(=O)c2ccc(NC(=O)N3CCNCC3)cc2)CC1. The van der Waals surface area contributed by atoms with Crippen molar-refractivity contribution >= 4 is 23.6 Å². The largest absolute Gasteiger partial charge is 0.481 e. The van der Waals surface area contributed by atoms with Crippen molar-refractivity contribution in [2.75, 3.05) is 44.6 Å². The van der Waals surface area contributed by atoms with Gasteiger partial charge in [0.25, 0.3) is 5.91 Å². The quantitative estimate of drug-likeness (QED) is 0.740. The van der Waals surface area contributed by atoms with Crippen LogP contribution in [0, 0.1) is 5.92 Å². The monoisotopic (exact) mass is 374 g/mol. The van der Waals surface area contributed by atoms with Gasteiger partial charge in [-0.1, -0.05) is 0 Å². The van der Waals surface area contributed by atoms with Crippen LogP contribution in [-0.2, 0) is 4.79 Å². The Balaban J connectivity index is 1.51. The predicted octanol–water partition coefficient (Wildman–Crippen LogP) is 1.45. The smallest absolute Gasteiger partial charge is 0.321 e. The fourth-order valence-corrected chi connectivity index (χ4v) is 3.54. The van der Waals surface area contributed by atoms with Crippen molar-refractivity contribution in [3.8, 4) is 0 Å². The lowest BCUT2D eigenvalue weighted by molar-refractivity contribution is -0.138. The number of anilines is 1. The van der Waals surface area contributed by atoms with E-state index in [4.69, 9.17) is 5.11 Å². The highest BCUT2D eigenvalue weighted by Crippen LogP contribution is 2.22. The second-order valence-electron chi connectivity index (χ2n) is 7.08. The first-order chi connectivity index (χ1) is 13.0. The maximum absolute atomic E-state index is 12.6. The highest BCUT2D eigenvalue weighted by molar-refractivity contribution is 5.95. The molecule has 0 atom stereocenters. The molecule has 27 heavy (non-hydrogen) atoms. The van der Waals surface area contributed by atoms with Crippen LogP contribution in [0.2, 0.25) is 0 Å². The lowest BCUT2D eigenvalue weighted by Gasteiger charge is -2.31. The van der Waals surface area contributed by atoms with Gasteiger partial charge in [-0.15, -0.1) is 0 Å². The Morgan fingerprint density at radius 1 is 1.00 bits per heavy atom. The second kappa shape index (κ2) is 8.85. The molecule has 0 aromatic heterocycles. The number of nitrogens with one attached hydrogen (secondary N) is 2. The van der Waals surface area contributed by atoms with Gasteiger partial charge in [0.2, 0.25) is 0 Å². The first kappa shape index (κ1) is 19.2. The van der Waals surface area contributed by atoms with E-state index >= 15 is 0 Å². The third kappa shape index (κ3) is 5.19. The zero-order chi connectivity index (χ0) is 19.2. The van der Waals surface area contributed by atoms with E-state index < -0.39 is 5.97 Å². The molecule has 8 nitrogen and oxygen atoms in total. The van der Waals surface area contributed by atoms with E-state index in [9.17, 15) is 14.4 Å². The van der Waals surface area contributed by atoms with Crippen LogP contribution in [0.15, 0.2) is 24.3 Å². The number of piperidine rings is 1. The number of rotatable bonds is 4. The predicted molar refractivity (Wildman–Crippen MR) is 101 cm³/mol. The van der Waals surface area contributed by atoms with E-state index in [1.807, 2.05) is 0 Å². The first-order valence-electron chi connectivity index (χ1n) is 9.40. The third-order valence-corrected chi connectivity index (χ3v) is 5.15. The summed E-state index contributed by atoms with van der Waals surface area (Å²) >= 11 is 0. The van der Waals surface area contributed by atoms with Crippen molar-refractivity contribution in [2.45, 2.75) is 19.3 Å². The molecule has 1 aromatic rings. The summed E-state index contributed by atoms with van der Waals surface area (Å²) in [5.41, 5.74) is 1.24. The van der Waals surface area contributed by atoms with Gasteiger partial charge in [-0.2, -0.15) is 0 Å². The zero-order valence-corrected chi connectivity index (χ0v) is 15.3. The third-order valence-electron chi connectivity index (χ3n) is 5.15. The van der Waals surface area contributed by atoms with Crippen molar-refractivity contribution in [2.24, 2.45) is 5.92 Å². The summed E-state index contributed by atoms with van der Waals surface area (Å²) in [5.74, 6) is -0.684. The molecule has 146 valence electrons. The number of piperazine rings is 1. The van der Waals surface area contributed by atoms with Crippen molar-refractivity contribution in [3.05, 3.63) is 29.8 Å². The molecule has 2 aliphatic heterocycles. The molecule has 3 amide bonds. The summed E-state index contributed by atoms with van der Waals surface area (Å²) in [6, 6.07) is 6.80. The number of amides is 3. The Labute approximate surface area is 158 Å². The van der Waals surface area contributed by atoms with Gasteiger partial charge in [0.15, 0.2) is 0 Å². The Hall–Kier alpha value is -2.61. The molecular formula is C19H26N4O4. The molecule has 3 rings (SSSR count). The Bertz CT molecular complexity index is 677. The molecule has 0 saturated carbocycles. The van der Waals surface area contributed by atoms with Crippen LogP contribution in [0.1, 0.15) is 29.6 Å². The fraction of sp³-hybridized carbons (Fsp3) is 0.526. The standard InChI is InChI=1S/C19H26N4O4/c24-17(25)13-14-5-9-22(10-6-14)18(26)15-1-3-16(4-2-15)21-19(27)23-11-7-20-8-12-23/h1-4,14,20H,5-13H2,(H,21,27)(H,24,25). The topological polar surface area (TPSA) is 102 Å². The van der Waals surface area contributed by atoms with Gasteiger partial charge in [0.05, 0.1) is 0 Å². The maximum atomic E-state index is 12.6. The fourth-order valence-electron chi connectivity index (χ4n) is 3.54.